The van der Waals surface area contributed by atoms with Crippen LogP contribution in [0.5, 0.6) is 0 Å². The summed E-state index contributed by atoms with van der Waals surface area (Å²) in [7, 11) is 0. The van der Waals surface area contributed by atoms with E-state index in [0.717, 1.165) is 5.56 Å². The van der Waals surface area contributed by atoms with Gasteiger partial charge in [0.05, 0.1) is 6.04 Å². The van der Waals surface area contributed by atoms with Crippen molar-refractivity contribution in [3.05, 3.63) is 30.1 Å². The zero-order chi connectivity index (χ0) is 9.68. The van der Waals surface area contributed by atoms with Crippen molar-refractivity contribution in [1.82, 2.24) is 10.4 Å². The molecule has 1 rings (SSSR count). The van der Waals surface area contributed by atoms with Crippen LogP contribution < -0.4 is 17.0 Å². The number of aromatic nitrogens is 1. The van der Waals surface area contributed by atoms with Crippen LogP contribution in [0.1, 0.15) is 5.56 Å². The maximum Gasteiger partial charge on any atom is 0.251 e. The summed E-state index contributed by atoms with van der Waals surface area (Å²) < 4.78 is 0. The molecule has 70 valence electrons. The quantitative estimate of drug-likeness (QED) is 0.314. The number of nitrogens with two attached hydrogens (primary N) is 2. The van der Waals surface area contributed by atoms with E-state index in [1.54, 1.807) is 12.4 Å². The molecule has 0 bridgehead atoms. The zero-order valence-electron chi connectivity index (χ0n) is 7.10. The van der Waals surface area contributed by atoms with E-state index in [1.807, 2.05) is 17.6 Å². The Bertz CT molecular complexity index is 275. The number of amides is 1. The normalized spacial score (nSPS) is 12.2. The minimum absolute atomic E-state index is 0.364. The third kappa shape index (κ3) is 2.81. The molecule has 5 heteroatoms. The number of rotatable bonds is 3. The van der Waals surface area contributed by atoms with Crippen molar-refractivity contribution in [2.24, 2.45) is 11.6 Å². The standard InChI is InChI=1S/C8H12N4O/c9-7(8(13)12-10)5-6-1-3-11-4-2-6/h1-4,7H,5,9-10H2,(H,12,13). The van der Waals surface area contributed by atoms with E-state index in [4.69, 9.17) is 11.6 Å². The van der Waals surface area contributed by atoms with Gasteiger partial charge in [-0.3, -0.25) is 15.2 Å². The second-order valence-corrected chi connectivity index (χ2v) is 2.67. The molecular formula is C8H12N4O. The number of nitrogens with zero attached hydrogens (tertiary/aromatic N) is 1. The van der Waals surface area contributed by atoms with E-state index >= 15 is 0 Å². The smallest absolute Gasteiger partial charge is 0.251 e. The minimum Gasteiger partial charge on any atom is -0.320 e. The number of hydrogen-bond donors (Lipinski definition) is 3. The fourth-order valence-corrected chi connectivity index (χ4v) is 0.973. The Morgan fingerprint density at radius 1 is 1.54 bits per heavy atom. The maximum absolute atomic E-state index is 10.9. The van der Waals surface area contributed by atoms with Crippen LogP contribution in [0, 0.1) is 0 Å². The topological polar surface area (TPSA) is 94.0 Å². The summed E-state index contributed by atoms with van der Waals surface area (Å²) >= 11 is 0. The molecule has 0 fully saturated rings. The van der Waals surface area contributed by atoms with Crippen LogP contribution in [-0.4, -0.2) is 16.9 Å². The van der Waals surface area contributed by atoms with E-state index in [0.29, 0.717) is 6.42 Å². The van der Waals surface area contributed by atoms with Gasteiger partial charge in [0.15, 0.2) is 0 Å². The molecule has 0 radical (unpaired) electrons. The number of carbonyl (C=O) groups is 1. The molecule has 0 aromatic carbocycles. The van der Waals surface area contributed by atoms with Crippen LogP contribution in [0.3, 0.4) is 0 Å². The van der Waals surface area contributed by atoms with Crippen molar-refractivity contribution >= 4 is 5.91 Å². The molecule has 1 aromatic heterocycles. The van der Waals surface area contributed by atoms with Gasteiger partial charge in [-0.05, 0) is 24.1 Å². The predicted octanol–water partition coefficient (Wildman–Crippen LogP) is -1.06. The summed E-state index contributed by atoms with van der Waals surface area (Å²) in [6, 6.07) is 3.01. The average Bonchev–Trinajstić information content (AvgIpc) is 2.18. The highest BCUT2D eigenvalue weighted by molar-refractivity contribution is 5.81. The van der Waals surface area contributed by atoms with Gasteiger partial charge < -0.3 is 5.73 Å². The molecule has 1 heterocycles. The Balaban J connectivity index is 2.55. The molecule has 0 aliphatic carbocycles. The maximum atomic E-state index is 10.9. The van der Waals surface area contributed by atoms with Gasteiger partial charge in [-0.2, -0.15) is 0 Å². The Morgan fingerprint density at radius 3 is 2.69 bits per heavy atom. The summed E-state index contributed by atoms with van der Waals surface area (Å²) in [5.41, 5.74) is 8.52. The van der Waals surface area contributed by atoms with Crippen molar-refractivity contribution in [3.63, 3.8) is 0 Å². The molecule has 5 nitrogen and oxygen atoms in total. The van der Waals surface area contributed by atoms with Gasteiger partial charge in [-0.25, -0.2) is 5.84 Å². The van der Waals surface area contributed by atoms with E-state index in [1.165, 1.54) is 0 Å². The van der Waals surface area contributed by atoms with Gasteiger partial charge in [0.1, 0.15) is 0 Å². The first kappa shape index (κ1) is 9.63. The Labute approximate surface area is 76.1 Å². The largest absolute Gasteiger partial charge is 0.320 e. The van der Waals surface area contributed by atoms with Crippen molar-refractivity contribution in [2.75, 3.05) is 0 Å². The van der Waals surface area contributed by atoms with Crippen molar-refractivity contribution in [2.45, 2.75) is 12.5 Å². The summed E-state index contributed by atoms with van der Waals surface area (Å²) in [6.07, 6.45) is 3.77. The molecule has 5 N–H and O–H groups in total. The third-order valence-corrected chi connectivity index (χ3v) is 1.68. The molecule has 0 aliphatic rings. The molecule has 0 aliphatic heterocycles. The van der Waals surface area contributed by atoms with Gasteiger partial charge in [-0.1, -0.05) is 0 Å². The lowest BCUT2D eigenvalue weighted by Crippen LogP contribution is -2.45. The Kier molecular flexibility index (Phi) is 3.36. The lowest BCUT2D eigenvalue weighted by molar-refractivity contribution is -0.122. The molecule has 1 amide bonds. The lowest BCUT2D eigenvalue weighted by Gasteiger charge is -2.08. The van der Waals surface area contributed by atoms with Crippen LogP contribution in [0.15, 0.2) is 24.5 Å². The van der Waals surface area contributed by atoms with Crippen LogP contribution >= 0.6 is 0 Å². The molecule has 0 saturated carbocycles. The van der Waals surface area contributed by atoms with Gasteiger partial charge in [-0.15, -0.1) is 0 Å². The molecule has 1 unspecified atom stereocenters. The monoisotopic (exact) mass is 180 g/mol. The predicted molar refractivity (Wildman–Crippen MR) is 48.2 cm³/mol. The molecule has 1 atom stereocenters. The summed E-state index contributed by atoms with van der Waals surface area (Å²) in [5.74, 6) is 4.57. The second-order valence-electron chi connectivity index (χ2n) is 2.67. The third-order valence-electron chi connectivity index (χ3n) is 1.68. The molecule has 1 aromatic rings. The zero-order valence-corrected chi connectivity index (χ0v) is 7.10. The Morgan fingerprint density at radius 2 is 2.15 bits per heavy atom. The number of nitrogens with one attached hydrogen (secondary N) is 1. The van der Waals surface area contributed by atoms with E-state index in [-0.39, 0.29) is 5.91 Å². The number of carbonyl (C=O) groups excluding carboxylic acids is 1. The van der Waals surface area contributed by atoms with Gasteiger partial charge >= 0.3 is 0 Å². The fraction of sp³-hybridized carbons (Fsp3) is 0.250. The van der Waals surface area contributed by atoms with Crippen molar-refractivity contribution < 1.29 is 4.79 Å². The Hall–Kier alpha value is -1.46. The van der Waals surface area contributed by atoms with Crippen molar-refractivity contribution in [1.29, 1.82) is 0 Å². The number of hydrazine groups is 1. The summed E-state index contributed by atoms with van der Waals surface area (Å²) in [6.45, 7) is 0. The molecule has 13 heavy (non-hydrogen) atoms. The van der Waals surface area contributed by atoms with Crippen molar-refractivity contribution in [3.8, 4) is 0 Å². The summed E-state index contributed by atoms with van der Waals surface area (Å²) in [4.78, 5) is 14.8. The fourth-order valence-electron chi connectivity index (χ4n) is 0.973. The van der Waals surface area contributed by atoms with Gasteiger partial charge in [0.2, 0.25) is 0 Å². The minimum atomic E-state index is -0.604. The highest BCUT2D eigenvalue weighted by Gasteiger charge is 2.11. The highest BCUT2D eigenvalue weighted by Crippen LogP contribution is 1.99. The highest BCUT2D eigenvalue weighted by atomic mass is 16.2. The van der Waals surface area contributed by atoms with Crippen LogP contribution in [0.25, 0.3) is 0 Å². The lowest BCUT2D eigenvalue weighted by atomic mass is 10.1. The first-order valence-corrected chi connectivity index (χ1v) is 3.89. The SMILES string of the molecule is NNC(=O)C(N)Cc1ccncc1. The van der Waals surface area contributed by atoms with E-state index < -0.39 is 6.04 Å². The first-order chi connectivity index (χ1) is 6.24. The molecular weight excluding hydrogens is 168 g/mol. The average molecular weight is 180 g/mol. The molecule has 0 saturated heterocycles. The number of hydrogen-bond acceptors (Lipinski definition) is 4. The summed E-state index contributed by atoms with van der Waals surface area (Å²) in [5, 5.41) is 0. The van der Waals surface area contributed by atoms with Gasteiger partial charge in [0, 0.05) is 12.4 Å². The molecule has 0 spiro atoms. The van der Waals surface area contributed by atoms with Crippen LogP contribution in [0.2, 0.25) is 0 Å². The second kappa shape index (κ2) is 4.54. The van der Waals surface area contributed by atoms with Gasteiger partial charge in [0.25, 0.3) is 5.91 Å². The van der Waals surface area contributed by atoms with E-state index in [2.05, 4.69) is 4.98 Å². The first-order valence-electron chi connectivity index (χ1n) is 3.89. The number of pyridine rings is 1. The van der Waals surface area contributed by atoms with Crippen LogP contribution in [0.4, 0.5) is 0 Å². The van der Waals surface area contributed by atoms with Crippen LogP contribution in [-0.2, 0) is 11.2 Å². The van der Waals surface area contributed by atoms with E-state index in [9.17, 15) is 4.79 Å².